The molecule has 3 atom stereocenters. The molecule has 0 aliphatic carbocycles. The van der Waals surface area contributed by atoms with Gasteiger partial charge in [0.2, 0.25) is 5.91 Å². The molecule has 1 aromatic carbocycles. The molecule has 2 N–H and O–H groups in total. The van der Waals surface area contributed by atoms with Crippen molar-refractivity contribution in [2.24, 2.45) is 5.73 Å². The summed E-state index contributed by atoms with van der Waals surface area (Å²) in [6.45, 7) is 10.4. The van der Waals surface area contributed by atoms with Gasteiger partial charge in [-0.1, -0.05) is 44.9 Å². The number of hydrogen-bond donors (Lipinski definition) is 1. The number of carbonyl (C=O) groups is 1. The van der Waals surface area contributed by atoms with Crippen molar-refractivity contribution in [3.63, 3.8) is 0 Å². The van der Waals surface area contributed by atoms with Crippen LogP contribution in [0, 0.1) is 18.2 Å². The molecule has 0 radical (unpaired) electrons. The topological polar surface area (TPSA) is 115 Å². The number of methoxy groups -OCH3 is 1. The van der Waals surface area contributed by atoms with E-state index in [9.17, 15) is 9.59 Å². The zero-order valence-electron chi connectivity index (χ0n) is 22.0. The second-order valence-electron chi connectivity index (χ2n) is 10.5. The number of rotatable bonds is 9. The molecular formula is C26H34FN3O6Si. The van der Waals surface area contributed by atoms with Gasteiger partial charge in [0.15, 0.2) is 19.7 Å². The van der Waals surface area contributed by atoms with Crippen LogP contribution in [0.4, 0.5) is 4.39 Å². The fourth-order valence-electron chi connectivity index (χ4n) is 3.81. The standard InChI is InChI=1S/C26H34FN3O6Si/c1-8-26(15-35-37(6,7)25(2,3)4)20(34-16-33-5)13-21(36-26)30-14-19(27)22(29-24(30)32)17-11-9-10-12-18(17)23(28)31/h1,9-12,14,20-21H,13,15-16H2,2-7H3,(H2,28,31)/t20-,21+,26+/m0/s1. The first-order valence-electron chi connectivity index (χ1n) is 11.8. The molecule has 0 unspecified atom stereocenters. The Labute approximate surface area is 217 Å². The molecule has 1 amide bonds. The van der Waals surface area contributed by atoms with E-state index in [-0.39, 0.29) is 41.7 Å². The first-order chi connectivity index (χ1) is 17.3. The maximum atomic E-state index is 15.3. The van der Waals surface area contributed by atoms with Gasteiger partial charge in [-0.2, -0.15) is 4.98 Å². The fourth-order valence-corrected chi connectivity index (χ4v) is 4.82. The van der Waals surface area contributed by atoms with Gasteiger partial charge in [-0.3, -0.25) is 9.36 Å². The fraction of sp³-hybridized carbons (Fsp3) is 0.500. The highest BCUT2D eigenvalue weighted by molar-refractivity contribution is 6.74. The SMILES string of the molecule is C#C[C@]1(CO[Si](C)(C)C(C)(C)C)O[C@@H](n2cc(F)c(-c3ccccc3C(N)=O)nc2=O)C[C@@H]1OCOC. The van der Waals surface area contributed by atoms with Crippen LogP contribution in [0.2, 0.25) is 18.1 Å². The third-order valence-electron chi connectivity index (χ3n) is 7.03. The number of amides is 1. The van der Waals surface area contributed by atoms with Gasteiger partial charge in [0.05, 0.1) is 6.61 Å². The van der Waals surface area contributed by atoms with Crippen molar-refractivity contribution in [2.75, 3.05) is 20.5 Å². The van der Waals surface area contributed by atoms with Gasteiger partial charge in [0, 0.05) is 30.9 Å². The molecule has 9 nitrogen and oxygen atoms in total. The van der Waals surface area contributed by atoms with E-state index >= 15 is 4.39 Å². The van der Waals surface area contributed by atoms with Crippen LogP contribution >= 0.6 is 0 Å². The highest BCUT2D eigenvalue weighted by Crippen LogP contribution is 2.42. The predicted molar refractivity (Wildman–Crippen MR) is 139 cm³/mol. The van der Waals surface area contributed by atoms with E-state index in [0.717, 1.165) is 10.8 Å². The summed E-state index contributed by atoms with van der Waals surface area (Å²) < 4.78 is 39.8. The summed E-state index contributed by atoms with van der Waals surface area (Å²) in [7, 11) is -0.743. The minimum atomic E-state index is -2.22. The number of aromatic nitrogens is 2. The van der Waals surface area contributed by atoms with Crippen molar-refractivity contribution in [3.8, 4) is 23.6 Å². The van der Waals surface area contributed by atoms with E-state index in [0.29, 0.717) is 0 Å². The number of carbonyl (C=O) groups excluding carboxylic acids is 1. The Kier molecular flexibility index (Phi) is 8.41. The average molecular weight is 532 g/mol. The van der Waals surface area contributed by atoms with Crippen molar-refractivity contribution in [3.05, 3.63) is 52.3 Å². The number of ether oxygens (including phenoxy) is 3. The van der Waals surface area contributed by atoms with E-state index in [1.807, 2.05) is 0 Å². The first-order valence-corrected chi connectivity index (χ1v) is 14.7. The van der Waals surface area contributed by atoms with E-state index in [2.05, 4.69) is 44.8 Å². The molecule has 1 saturated heterocycles. The molecule has 0 bridgehead atoms. The highest BCUT2D eigenvalue weighted by Gasteiger charge is 2.52. The monoisotopic (exact) mass is 531 g/mol. The van der Waals surface area contributed by atoms with Crippen LogP contribution in [-0.2, 0) is 18.6 Å². The summed E-state index contributed by atoms with van der Waals surface area (Å²) in [6.07, 6.45) is 5.39. The van der Waals surface area contributed by atoms with Crippen LogP contribution in [-0.4, -0.2) is 56.0 Å². The molecule has 0 spiro atoms. The maximum Gasteiger partial charge on any atom is 0.350 e. The highest BCUT2D eigenvalue weighted by atomic mass is 28.4. The Bertz CT molecular complexity index is 1250. The Morgan fingerprint density at radius 1 is 1.38 bits per heavy atom. The smallest absolute Gasteiger partial charge is 0.350 e. The molecule has 0 saturated carbocycles. The number of benzene rings is 1. The maximum absolute atomic E-state index is 15.3. The van der Waals surface area contributed by atoms with Crippen LogP contribution in [0.1, 0.15) is 43.8 Å². The quantitative estimate of drug-likeness (QED) is 0.299. The Hall–Kier alpha value is -2.88. The zero-order valence-corrected chi connectivity index (χ0v) is 23.0. The normalized spacial score (nSPS) is 22.1. The summed E-state index contributed by atoms with van der Waals surface area (Å²) in [5, 5.41) is -0.0787. The zero-order chi connectivity index (χ0) is 27.6. The summed E-state index contributed by atoms with van der Waals surface area (Å²) in [4.78, 5) is 28.8. The lowest BCUT2D eigenvalue weighted by Crippen LogP contribution is -2.50. The first kappa shape index (κ1) is 28.7. The van der Waals surface area contributed by atoms with Crippen molar-refractivity contribution in [2.45, 2.75) is 63.3 Å². The largest absolute Gasteiger partial charge is 0.413 e. The summed E-state index contributed by atoms with van der Waals surface area (Å²) in [5.74, 6) is 1.07. The number of terminal acetylenes is 1. The third kappa shape index (κ3) is 5.84. The number of halogens is 1. The van der Waals surface area contributed by atoms with Crippen LogP contribution in [0.3, 0.4) is 0 Å². The molecule has 1 aromatic heterocycles. The van der Waals surface area contributed by atoms with E-state index in [4.69, 9.17) is 30.8 Å². The van der Waals surface area contributed by atoms with Crippen LogP contribution in [0.25, 0.3) is 11.3 Å². The Morgan fingerprint density at radius 2 is 2.05 bits per heavy atom. The molecular weight excluding hydrogens is 497 g/mol. The van der Waals surface area contributed by atoms with Gasteiger partial charge in [0.25, 0.3) is 0 Å². The number of primary amides is 1. The lowest BCUT2D eigenvalue weighted by molar-refractivity contribution is -0.135. The Balaban J connectivity index is 1.98. The third-order valence-corrected chi connectivity index (χ3v) is 11.5. The van der Waals surface area contributed by atoms with Crippen LogP contribution < -0.4 is 11.4 Å². The Morgan fingerprint density at radius 3 is 2.65 bits per heavy atom. The van der Waals surface area contributed by atoms with Crippen molar-refractivity contribution >= 4 is 14.2 Å². The lowest BCUT2D eigenvalue weighted by atomic mass is 9.99. The second kappa shape index (κ2) is 10.8. The van der Waals surface area contributed by atoms with Gasteiger partial charge in [-0.15, -0.1) is 6.42 Å². The molecule has 37 heavy (non-hydrogen) atoms. The lowest BCUT2D eigenvalue weighted by Gasteiger charge is -2.39. The number of nitrogens with two attached hydrogens (primary N) is 1. The van der Waals surface area contributed by atoms with Gasteiger partial charge in [-0.25, -0.2) is 9.18 Å². The second-order valence-corrected chi connectivity index (χ2v) is 15.3. The van der Waals surface area contributed by atoms with E-state index in [1.165, 1.54) is 19.2 Å². The molecule has 11 heteroatoms. The van der Waals surface area contributed by atoms with Crippen molar-refractivity contribution in [1.29, 1.82) is 0 Å². The van der Waals surface area contributed by atoms with Gasteiger partial charge in [-0.05, 0) is 24.2 Å². The molecule has 1 aliphatic rings. The van der Waals surface area contributed by atoms with Gasteiger partial charge in [0.1, 0.15) is 24.8 Å². The minimum Gasteiger partial charge on any atom is -0.413 e. The molecule has 2 aromatic rings. The van der Waals surface area contributed by atoms with Crippen molar-refractivity contribution in [1.82, 2.24) is 9.55 Å². The van der Waals surface area contributed by atoms with E-state index in [1.54, 1.807) is 12.1 Å². The van der Waals surface area contributed by atoms with Gasteiger partial charge >= 0.3 is 5.69 Å². The summed E-state index contributed by atoms with van der Waals surface area (Å²) in [6, 6.07) is 6.08. The van der Waals surface area contributed by atoms with Gasteiger partial charge < -0.3 is 24.4 Å². The van der Waals surface area contributed by atoms with Crippen LogP contribution in [0.15, 0.2) is 35.3 Å². The molecule has 1 fully saturated rings. The number of hydrogen-bond acceptors (Lipinski definition) is 7. The summed E-state index contributed by atoms with van der Waals surface area (Å²) >= 11 is 0. The summed E-state index contributed by atoms with van der Waals surface area (Å²) in [5.41, 5.74) is 3.16. The minimum absolute atomic E-state index is 0.0274. The predicted octanol–water partition coefficient (Wildman–Crippen LogP) is 3.45. The molecule has 3 rings (SSSR count). The van der Waals surface area contributed by atoms with Crippen molar-refractivity contribution < 1.29 is 27.8 Å². The molecule has 1 aliphatic heterocycles. The van der Waals surface area contributed by atoms with Crippen LogP contribution in [0.5, 0.6) is 0 Å². The number of nitrogens with zero attached hydrogens (tertiary/aromatic N) is 2. The van der Waals surface area contributed by atoms with E-state index < -0.39 is 43.7 Å². The molecule has 2 heterocycles. The molecule has 200 valence electrons. The average Bonchev–Trinajstić information content (AvgIpc) is 3.20.